The Morgan fingerprint density at radius 3 is 2.57 bits per heavy atom. The minimum Gasteiger partial charge on any atom is -0.370 e. The van der Waals surface area contributed by atoms with Crippen LogP contribution in [0.4, 0.5) is 5.82 Å². The van der Waals surface area contributed by atoms with Crippen molar-refractivity contribution in [1.82, 2.24) is 15.0 Å². The molecule has 114 valence electrons. The predicted octanol–water partition coefficient (Wildman–Crippen LogP) is 4.65. The van der Waals surface area contributed by atoms with E-state index in [0.29, 0.717) is 5.92 Å². The quantitative estimate of drug-likeness (QED) is 0.785. The molecule has 0 aliphatic rings. The molecule has 0 saturated heterocycles. The topological polar surface area (TPSA) is 50.7 Å². The Balaban J connectivity index is 2.35. The van der Waals surface area contributed by atoms with Crippen LogP contribution in [0.2, 0.25) is 0 Å². The van der Waals surface area contributed by atoms with Crippen molar-refractivity contribution < 1.29 is 0 Å². The summed E-state index contributed by atoms with van der Waals surface area (Å²) in [4.78, 5) is 13.9. The molecule has 4 nitrogen and oxygen atoms in total. The highest BCUT2D eigenvalue weighted by atomic mass is 32.2. The van der Waals surface area contributed by atoms with Crippen LogP contribution in [0.15, 0.2) is 14.7 Å². The Morgan fingerprint density at radius 1 is 1.24 bits per heavy atom. The first-order valence-corrected chi connectivity index (χ1v) is 8.93. The molecule has 6 heteroatoms. The second-order valence-corrected chi connectivity index (χ2v) is 7.39. The second-order valence-electron chi connectivity index (χ2n) is 5.30. The Kier molecular flexibility index (Phi) is 5.58. The summed E-state index contributed by atoms with van der Waals surface area (Å²) in [5.41, 5.74) is 2.16. The molecule has 1 N–H and O–H groups in total. The standard InChI is InChI=1S/C15H22N4S2/c1-6-7-16-13-11(5)14(19-12(18-13)9(2)3)21-15-17-10(4)8-20-15/h8-9H,6-7H2,1-5H3,(H,16,18,19). The Labute approximate surface area is 134 Å². The van der Waals surface area contributed by atoms with Crippen molar-refractivity contribution in [3.8, 4) is 0 Å². The van der Waals surface area contributed by atoms with Crippen molar-refractivity contribution in [3.05, 3.63) is 22.5 Å². The van der Waals surface area contributed by atoms with Crippen LogP contribution in [0.1, 0.15) is 50.2 Å². The number of aromatic nitrogens is 3. The van der Waals surface area contributed by atoms with E-state index in [-0.39, 0.29) is 0 Å². The second kappa shape index (κ2) is 7.22. The zero-order chi connectivity index (χ0) is 15.4. The number of hydrogen-bond acceptors (Lipinski definition) is 6. The number of aryl methyl sites for hydroxylation is 1. The van der Waals surface area contributed by atoms with Gasteiger partial charge in [-0.1, -0.05) is 20.8 Å². The maximum absolute atomic E-state index is 4.72. The van der Waals surface area contributed by atoms with E-state index in [1.165, 1.54) is 0 Å². The average molecular weight is 323 g/mol. The molecule has 0 bridgehead atoms. The van der Waals surface area contributed by atoms with E-state index in [1.807, 2.05) is 6.92 Å². The van der Waals surface area contributed by atoms with Gasteiger partial charge in [-0.25, -0.2) is 15.0 Å². The van der Waals surface area contributed by atoms with E-state index in [9.17, 15) is 0 Å². The Hall–Kier alpha value is -1.14. The van der Waals surface area contributed by atoms with Gasteiger partial charge in [-0.15, -0.1) is 11.3 Å². The number of hydrogen-bond donors (Lipinski definition) is 1. The lowest BCUT2D eigenvalue weighted by Gasteiger charge is -2.14. The molecule has 0 saturated carbocycles. The first kappa shape index (κ1) is 16.2. The highest BCUT2D eigenvalue weighted by Gasteiger charge is 2.15. The number of nitrogens with zero attached hydrogens (tertiary/aromatic N) is 3. The minimum absolute atomic E-state index is 0.310. The van der Waals surface area contributed by atoms with Crippen LogP contribution >= 0.6 is 23.1 Å². The van der Waals surface area contributed by atoms with E-state index in [4.69, 9.17) is 4.98 Å². The van der Waals surface area contributed by atoms with E-state index in [2.05, 4.69) is 48.4 Å². The van der Waals surface area contributed by atoms with Gasteiger partial charge in [0.15, 0.2) is 4.34 Å². The average Bonchev–Trinajstić information content (AvgIpc) is 2.84. The van der Waals surface area contributed by atoms with Crippen LogP contribution in [0.5, 0.6) is 0 Å². The molecule has 2 rings (SSSR count). The predicted molar refractivity (Wildman–Crippen MR) is 90.6 cm³/mol. The van der Waals surface area contributed by atoms with Crippen molar-refractivity contribution >= 4 is 28.9 Å². The lowest BCUT2D eigenvalue weighted by atomic mass is 10.2. The summed E-state index contributed by atoms with van der Waals surface area (Å²) in [5.74, 6) is 2.14. The van der Waals surface area contributed by atoms with Crippen LogP contribution in [0.3, 0.4) is 0 Å². The molecular weight excluding hydrogens is 300 g/mol. The molecule has 0 aliphatic carbocycles. The molecule has 0 unspecified atom stereocenters. The van der Waals surface area contributed by atoms with Gasteiger partial charge in [0, 0.05) is 29.1 Å². The first-order chi connectivity index (χ1) is 10.0. The fourth-order valence-electron chi connectivity index (χ4n) is 1.75. The molecule has 21 heavy (non-hydrogen) atoms. The molecule has 0 aromatic carbocycles. The summed E-state index contributed by atoms with van der Waals surface area (Å²) >= 11 is 3.29. The first-order valence-electron chi connectivity index (χ1n) is 7.23. The molecule has 2 aromatic heterocycles. The zero-order valence-corrected chi connectivity index (χ0v) is 14.9. The van der Waals surface area contributed by atoms with Crippen molar-refractivity contribution in [1.29, 1.82) is 0 Å². The number of anilines is 1. The van der Waals surface area contributed by atoms with Gasteiger partial charge in [0.2, 0.25) is 0 Å². The monoisotopic (exact) mass is 322 g/mol. The molecule has 0 radical (unpaired) electrons. The van der Waals surface area contributed by atoms with Crippen molar-refractivity contribution in [2.24, 2.45) is 0 Å². The van der Waals surface area contributed by atoms with Crippen LogP contribution < -0.4 is 5.32 Å². The van der Waals surface area contributed by atoms with Crippen LogP contribution in [-0.4, -0.2) is 21.5 Å². The summed E-state index contributed by atoms with van der Waals surface area (Å²) < 4.78 is 1.03. The third kappa shape index (κ3) is 4.17. The molecule has 0 spiro atoms. The van der Waals surface area contributed by atoms with Crippen LogP contribution in [-0.2, 0) is 0 Å². The minimum atomic E-state index is 0.310. The van der Waals surface area contributed by atoms with Crippen molar-refractivity contribution in [3.63, 3.8) is 0 Å². The summed E-state index contributed by atoms with van der Waals surface area (Å²) in [6, 6.07) is 0. The molecule has 2 aromatic rings. The van der Waals surface area contributed by atoms with Gasteiger partial charge >= 0.3 is 0 Å². The lowest BCUT2D eigenvalue weighted by molar-refractivity contribution is 0.747. The molecule has 2 heterocycles. The SMILES string of the molecule is CCCNc1nc(C(C)C)nc(Sc2nc(C)cs2)c1C. The fourth-order valence-corrected chi connectivity index (χ4v) is 3.59. The van der Waals surface area contributed by atoms with Gasteiger partial charge in [0.25, 0.3) is 0 Å². The van der Waals surface area contributed by atoms with E-state index >= 15 is 0 Å². The number of rotatable bonds is 6. The van der Waals surface area contributed by atoms with Crippen molar-refractivity contribution in [2.75, 3.05) is 11.9 Å². The Bertz CT molecular complexity index is 608. The summed E-state index contributed by atoms with van der Waals surface area (Å²) in [6.07, 6.45) is 1.08. The fraction of sp³-hybridized carbons (Fsp3) is 0.533. The van der Waals surface area contributed by atoms with Gasteiger partial charge in [-0.2, -0.15) is 0 Å². The Morgan fingerprint density at radius 2 is 2.00 bits per heavy atom. The summed E-state index contributed by atoms with van der Waals surface area (Å²) in [6.45, 7) is 11.4. The largest absolute Gasteiger partial charge is 0.370 e. The number of nitrogens with one attached hydrogen (secondary N) is 1. The maximum Gasteiger partial charge on any atom is 0.156 e. The molecule has 0 atom stereocenters. The number of thiazole rings is 1. The lowest BCUT2D eigenvalue weighted by Crippen LogP contribution is -2.09. The highest BCUT2D eigenvalue weighted by molar-refractivity contribution is 8.01. The smallest absolute Gasteiger partial charge is 0.156 e. The third-order valence-corrected chi connectivity index (χ3v) is 5.11. The van der Waals surface area contributed by atoms with E-state index in [0.717, 1.165) is 45.2 Å². The van der Waals surface area contributed by atoms with E-state index in [1.54, 1.807) is 23.1 Å². The zero-order valence-electron chi connectivity index (χ0n) is 13.2. The molecular formula is C15H22N4S2. The molecule has 0 fully saturated rings. The maximum atomic E-state index is 4.72. The summed E-state index contributed by atoms with van der Waals surface area (Å²) in [7, 11) is 0. The molecule has 0 amide bonds. The van der Waals surface area contributed by atoms with Gasteiger partial charge in [0.05, 0.1) is 0 Å². The summed E-state index contributed by atoms with van der Waals surface area (Å²) in [5, 5.41) is 6.48. The van der Waals surface area contributed by atoms with Gasteiger partial charge < -0.3 is 5.32 Å². The van der Waals surface area contributed by atoms with Crippen molar-refractivity contribution in [2.45, 2.75) is 56.3 Å². The van der Waals surface area contributed by atoms with Crippen LogP contribution in [0.25, 0.3) is 0 Å². The highest BCUT2D eigenvalue weighted by Crippen LogP contribution is 2.34. The van der Waals surface area contributed by atoms with Gasteiger partial charge in [0.1, 0.15) is 16.7 Å². The van der Waals surface area contributed by atoms with Gasteiger partial charge in [-0.05, 0) is 32.0 Å². The third-order valence-electron chi connectivity index (χ3n) is 2.96. The normalized spacial score (nSPS) is 11.1. The van der Waals surface area contributed by atoms with E-state index < -0.39 is 0 Å². The van der Waals surface area contributed by atoms with Gasteiger partial charge in [-0.3, -0.25) is 0 Å². The van der Waals surface area contributed by atoms with Crippen LogP contribution in [0, 0.1) is 13.8 Å². The molecule has 0 aliphatic heterocycles.